The van der Waals surface area contributed by atoms with E-state index in [-0.39, 0.29) is 5.91 Å². The van der Waals surface area contributed by atoms with E-state index in [4.69, 9.17) is 0 Å². The summed E-state index contributed by atoms with van der Waals surface area (Å²) in [6.07, 6.45) is 0.848. The smallest absolute Gasteiger partial charge is 0.221 e. The molecule has 94 valence electrons. The zero-order valence-electron chi connectivity index (χ0n) is 10.3. The van der Waals surface area contributed by atoms with E-state index in [1.165, 1.54) is 6.92 Å². The van der Waals surface area contributed by atoms with Gasteiger partial charge in [0.25, 0.3) is 0 Å². The quantitative estimate of drug-likeness (QED) is 0.719. The maximum absolute atomic E-state index is 11.1. The van der Waals surface area contributed by atoms with Gasteiger partial charge in [0.2, 0.25) is 5.91 Å². The molecule has 3 nitrogen and oxygen atoms in total. The Balaban J connectivity index is 2.26. The van der Waals surface area contributed by atoms with Crippen LogP contribution in [-0.2, 0) is 4.79 Å². The molecule has 0 spiro atoms. The standard InChI is InChI=1S/C15H11NO2S/c1-9(18)16-11-3-5-15-13(7-11)12-6-10(8-17)2-4-14(12)19-15/h2-8H,1H3,(H,16,18). The normalized spacial score (nSPS) is 10.8. The van der Waals surface area contributed by atoms with Crippen molar-refractivity contribution in [2.75, 3.05) is 5.32 Å². The third kappa shape index (κ3) is 2.11. The molecule has 0 aliphatic carbocycles. The molecule has 4 heteroatoms. The van der Waals surface area contributed by atoms with E-state index in [1.807, 2.05) is 36.4 Å². The van der Waals surface area contributed by atoms with Crippen LogP contribution in [0.1, 0.15) is 17.3 Å². The van der Waals surface area contributed by atoms with Gasteiger partial charge in [0, 0.05) is 38.3 Å². The number of carbonyl (C=O) groups is 2. The van der Waals surface area contributed by atoms with Crippen LogP contribution in [0.15, 0.2) is 36.4 Å². The van der Waals surface area contributed by atoms with Crippen LogP contribution in [0.4, 0.5) is 5.69 Å². The highest BCUT2D eigenvalue weighted by molar-refractivity contribution is 7.25. The predicted octanol–water partition coefficient (Wildman–Crippen LogP) is 3.83. The Labute approximate surface area is 113 Å². The van der Waals surface area contributed by atoms with E-state index in [0.717, 1.165) is 32.1 Å². The molecule has 1 aromatic heterocycles. The minimum atomic E-state index is -0.0903. The lowest BCUT2D eigenvalue weighted by Crippen LogP contribution is -2.05. The van der Waals surface area contributed by atoms with Crippen LogP contribution in [0, 0.1) is 0 Å². The zero-order chi connectivity index (χ0) is 13.4. The van der Waals surface area contributed by atoms with Crippen molar-refractivity contribution in [1.82, 2.24) is 0 Å². The van der Waals surface area contributed by atoms with E-state index >= 15 is 0 Å². The summed E-state index contributed by atoms with van der Waals surface area (Å²) in [5.74, 6) is -0.0903. The number of benzene rings is 2. The molecule has 0 aliphatic rings. The van der Waals surface area contributed by atoms with Crippen molar-refractivity contribution >= 4 is 49.4 Å². The first-order valence-corrected chi connectivity index (χ1v) is 6.68. The van der Waals surface area contributed by atoms with Gasteiger partial charge in [-0.3, -0.25) is 9.59 Å². The molecule has 3 rings (SSSR count). The van der Waals surface area contributed by atoms with Crippen molar-refractivity contribution < 1.29 is 9.59 Å². The first-order chi connectivity index (χ1) is 9.17. The second-order valence-electron chi connectivity index (χ2n) is 4.37. The number of carbonyl (C=O) groups excluding carboxylic acids is 2. The van der Waals surface area contributed by atoms with Crippen molar-refractivity contribution in [3.05, 3.63) is 42.0 Å². The highest BCUT2D eigenvalue weighted by Gasteiger charge is 2.07. The average molecular weight is 269 g/mol. The molecule has 0 saturated carbocycles. The Bertz CT molecular complexity index is 804. The van der Waals surface area contributed by atoms with Crippen LogP contribution in [0.5, 0.6) is 0 Å². The van der Waals surface area contributed by atoms with Gasteiger partial charge in [-0.05, 0) is 30.3 Å². The molecule has 1 heterocycles. The molecule has 0 radical (unpaired) electrons. The van der Waals surface area contributed by atoms with Gasteiger partial charge < -0.3 is 5.32 Å². The van der Waals surface area contributed by atoms with Gasteiger partial charge in [0.05, 0.1) is 0 Å². The Hall–Kier alpha value is -2.20. The Morgan fingerprint density at radius 3 is 2.47 bits per heavy atom. The molecule has 0 saturated heterocycles. The van der Waals surface area contributed by atoms with E-state index < -0.39 is 0 Å². The first-order valence-electron chi connectivity index (χ1n) is 5.86. The number of thiophene rings is 1. The summed E-state index contributed by atoms with van der Waals surface area (Å²) in [7, 11) is 0. The Morgan fingerprint density at radius 1 is 1.11 bits per heavy atom. The minimum Gasteiger partial charge on any atom is -0.326 e. The summed E-state index contributed by atoms with van der Waals surface area (Å²) in [6, 6.07) is 11.5. The fourth-order valence-electron chi connectivity index (χ4n) is 2.15. The highest BCUT2D eigenvalue weighted by Crippen LogP contribution is 2.35. The molecule has 0 aliphatic heterocycles. The predicted molar refractivity (Wildman–Crippen MR) is 79.0 cm³/mol. The van der Waals surface area contributed by atoms with Crippen molar-refractivity contribution in [1.29, 1.82) is 0 Å². The van der Waals surface area contributed by atoms with Crippen molar-refractivity contribution in [3.8, 4) is 0 Å². The molecule has 19 heavy (non-hydrogen) atoms. The zero-order valence-corrected chi connectivity index (χ0v) is 11.1. The third-order valence-corrected chi connectivity index (χ3v) is 4.10. The first kappa shape index (κ1) is 11.9. The van der Waals surface area contributed by atoms with Crippen molar-refractivity contribution in [3.63, 3.8) is 0 Å². The van der Waals surface area contributed by atoms with Gasteiger partial charge in [-0.2, -0.15) is 0 Å². The van der Waals surface area contributed by atoms with Gasteiger partial charge in [0.1, 0.15) is 6.29 Å². The fraction of sp³-hybridized carbons (Fsp3) is 0.0667. The molecule has 0 unspecified atom stereocenters. The van der Waals surface area contributed by atoms with E-state index in [1.54, 1.807) is 11.3 Å². The monoisotopic (exact) mass is 269 g/mol. The number of hydrogen-bond donors (Lipinski definition) is 1. The van der Waals surface area contributed by atoms with E-state index in [9.17, 15) is 9.59 Å². The van der Waals surface area contributed by atoms with E-state index in [2.05, 4.69) is 5.32 Å². The van der Waals surface area contributed by atoms with Crippen LogP contribution in [-0.4, -0.2) is 12.2 Å². The Kier molecular flexibility index (Phi) is 2.80. The van der Waals surface area contributed by atoms with Crippen LogP contribution in [0.3, 0.4) is 0 Å². The Morgan fingerprint density at radius 2 is 1.79 bits per heavy atom. The molecule has 1 amide bonds. The number of aldehydes is 1. The lowest BCUT2D eigenvalue weighted by atomic mass is 10.1. The molecule has 1 N–H and O–H groups in total. The van der Waals surface area contributed by atoms with Crippen molar-refractivity contribution in [2.45, 2.75) is 6.92 Å². The molecule has 3 aromatic rings. The number of hydrogen-bond acceptors (Lipinski definition) is 3. The maximum Gasteiger partial charge on any atom is 0.221 e. The summed E-state index contributed by atoms with van der Waals surface area (Å²) < 4.78 is 2.28. The summed E-state index contributed by atoms with van der Waals surface area (Å²) in [4.78, 5) is 22.0. The topological polar surface area (TPSA) is 46.2 Å². The van der Waals surface area contributed by atoms with Gasteiger partial charge in [-0.15, -0.1) is 11.3 Å². The summed E-state index contributed by atoms with van der Waals surface area (Å²) in [5, 5.41) is 4.89. The van der Waals surface area contributed by atoms with E-state index in [0.29, 0.717) is 5.56 Å². The second-order valence-corrected chi connectivity index (χ2v) is 5.45. The summed E-state index contributed by atoms with van der Waals surface area (Å²) in [6.45, 7) is 1.49. The molecule has 0 bridgehead atoms. The van der Waals surface area contributed by atoms with Gasteiger partial charge >= 0.3 is 0 Å². The van der Waals surface area contributed by atoms with Crippen LogP contribution in [0.25, 0.3) is 20.2 Å². The van der Waals surface area contributed by atoms with Gasteiger partial charge in [-0.25, -0.2) is 0 Å². The maximum atomic E-state index is 11.1. The molecule has 0 fully saturated rings. The summed E-state index contributed by atoms with van der Waals surface area (Å²) >= 11 is 1.68. The van der Waals surface area contributed by atoms with Crippen LogP contribution < -0.4 is 5.32 Å². The third-order valence-electron chi connectivity index (χ3n) is 2.95. The van der Waals surface area contributed by atoms with Crippen molar-refractivity contribution in [2.24, 2.45) is 0 Å². The number of amides is 1. The largest absolute Gasteiger partial charge is 0.326 e. The molecular weight excluding hydrogens is 258 g/mol. The number of anilines is 1. The fourth-order valence-corrected chi connectivity index (χ4v) is 3.22. The lowest BCUT2D eigenvalue weighted by molar-refractivity contribution is -0.114. The number of rotatable bonds is 2. The number of fused-ring (bicyclic) bond motifs is 3. The van der Waals surface area contributed by atoms with Crippen LogP contribution in [0.2, 0.25) is 0 Å². The van der Waals surface area contributed by atoms with Gasteiger partial charge in [0.15, 0.2) is 0 Å². The lowest BCUT2D eigenvalue weighted by Gasteiger charge is -2.01. The SMILES string of the molecule is CC(=O)Nc1ccc2sc3ccc(C=O)cc3c2c1. The number of nitrogens with one attached hydrogen (secondary N) is 1. The molecule has 0 atom stereocenters. The summed E-state index contributed by atoms with van der Waals surface area (Å²) in [5.41, 5.74) is 1.44. The molecule has 2 aromatic carbocycles. The van der Waals surface area contributed by atoms with Crippen LogP contribution >= 0.6 is 11.3 Å². The van der Waals surface area contributed by atoms with Gasteiger partial charge in [-0.1, -0.05) is 6.07 Å². The average Bonchev–Trinajstić information content (AvgIpc) is 2.75. The minimum absolute atomic E-state index is 0.0903. The highest BCUT2D eigenvalue weighted by atomic mass is 32.1. The second kappa shape index (κ2) is 4.48. The molecular formula is C15H11NO2S.